The van der Waals surface area contributed by atoms with Crippen molar-refractivity contribution < 1.29 is 14.7 Å². The molecule has 1 fully saturated rings. The van der Waals surface area contributed by atoms with E-state index in [9.17, 15) is 9.59 Å². The predicted molar refractivity (Wildman–Crippen MR) is 72.1 cm³/mol. The Bertz CT molecular complexity index is 486. The van der Waals surface area contributed by atoms with Gasteiger partial charge in [0.05, 0.1) is 0 Å². The van der Waals surface area contributed by atoms with Gasteiger partial charge in [-0.15, -0.1) is 0 Å². The van der Waals surface area contributed by atoms with Crippen LogP contribution in [0, 0.1) is 0 Å². The lowest BCUT2D eigenvalue weighted by molar-refractivity contribution is -0.137. The van der Waals surface area contributed by atoms with Crippen LogP contribution in [-0.2, 0) is 16.0 Å². The molecule has 19 heavy (non-hydrogen) atoms. The minimum atomic E-state index is -0.836. The summed E-state index contributed by atoms with van der Waals surface area (Å²) in [5.74, 6) is -0.837. The number of rotatable bonds is 5. The van der Waals surface area contributed by atoms with Gasteiger partial charge in [-0.2, -0.15) is 0 Å². The molecule has 1 heterocycles. The highest BCUT2D eigenvalue weighted by atomic mass is 35.5. The molecule has 1 aliphatic heterocycles. The molecule has 1 atom stereocenters. The van der Waals surface area contributed by atoms with Gasteiger partial charge in [0.25, 0.3) is 0 Å². The second-order valence-electron chi connectivity index (χ2n) is 5.03. The molecule has 1 aliphatic rings. The molecule has 4 nitrogen and oxygen atoms in total. The van der Waals surface area contributed by atoms with Crippen molar-refractivity contribution in [3.63, 3.8) is 0 Å². The van der Waals surface area contributed by atoms with E-state index in [0.29, 0.717) is 30.7 Å². The predicted octanol–water partition coefficient (Wildman–Crippen LogP) is 2.40. The number of carboxylic acid groups (broad SMARTS) is 1. The van der Waals surface area contributed by atoms with E-state index in [2.05, 4.69) is 5.32 Å². The molecule has 2 N–H and O–H groups in total. The number of amides is 1. The highest BCUT2D eigenvalue weighted by Crippen LogP contribution is 2.29. The van der Waals surface area contributed by atoms with Crippen LogP contribution in [0.2, 0.25) is 5.02 Å². The molecule has 1 aromatic rings. The van der Waals surface area contributed by atoms with E-state index < -0.39 is 11.5 Å². The standard InChI is InChI=1S/C14H16ClNO3/c15-11-3-1-10(2-4-11)9-14(8-6-13(18)19)7-5-12(17)16-14/h1-4H,5-9H2,(H,16,17)(H,18,19). The molecule has 5 heteroatoms. The SMILES string of the molecule is O=C(O)CCC1(Cc2ccc(Cl)cc2)CCC(=O)N1. The fraction of sp³-hybridized carbons (Fsp3) is 0.429. The summed E-state index contributed by atoms with van der Waals surface area (Å²) in [5.41, 5.74) is 0.625. The smallest absolute Gasteiger partial charge is 0.303 e. The topological polar surface area (TPSA) is 66.4 Å². The molecule has 0 aromatic heterocycles. The zero-order chi connectivity index (χ0) is 13.9. The Labute approximate surface area is 116 Å². The fourth-order valence-corrected chi connectivity index (χ4v) is 2.65. The molecule has 1 saturated heterocycles. The van der Waals surface area contributed by atoms with Crippen LogP contribution in [0.15, 0.2) is 24.3 Å². The molecular weight excluding hydrogens is 266 g/mol. The van der Waals surface area contributed by atoms with E-state index in [1.54, 1.807) is 12.1 Å². The zero-order valence-corrected chi connectivity index (χ0v) is 11.2. The zero-order valence-electron chi connectivity index (χ0n) is 10.5. The van der Waals surface area contributed by atoms with Gasteiger partial charge >= 0.3 is 5.97 Å². The van der Waals surface area contributed by atoms with Crippen LogP contribution in [0.5, 0.6) is 0 Å². The van der Waals surface area contributed by atoms with Gasteiger partial charge in [-0.05, 0) is 37.0 Å². The van der Waals surface area contributed by atoms with Crippen LogP contribution < -0.4 is 5.32 Å². The van der Waals surface area contributed by atoms with Gasteiger partial charge in [-0.25, -0.2) is 0 Å². The molecule has 0 bridgehead atoms. The minimum absolute atomic E-state index is 0.000600. The van der Waals surface area contributed by atoms with Crippen molar-refractivity contribution >= 4 is 23.5 Å². The summed E-state index contributed by atoms with van der Waals surface area (Å²) in [6.07, 6.45) is 2.31. The van der Waals surface area contributed by atoms with Gasteiger partial charge in [0, 0.05) is 23.4 Å². The summed E-state index contributed by atoms with van der Waals surface area (Å²) in [7, 11) is 0. The first-order valence-electron chi connectivity index (χ1n) is 6.26. The number of benzene rings is 1. The maximum atomic E-state index is 11.5. The molecule has 0 aliphatic carbocycles. The van der Waals surface area contributed by atoms with Gasteiger partial charge in [-0.3, -0.25) is 9.59 Å². The molecule has 0 radical (unpaired) electrons. The van der Waals surface area contributed by atoms with E-state index in [4.69, 9.17) is 16.7 Å². The number of carbonyl (C=O) groups is 2. The first kappa shape index (κ1) is 13.9. The fourth-order valence-electron chi connectivity index (χ4n) is 2.52. The first-order chi connectivity index (χ1) is 8.99. The number of halogens is 1. The third-order valence-electron chi connectivity index (χ3n) is 3.51. The largest absolute Gasteiger partial charge is 0.481 e. The number of hydrogen-bond donors (Lipinski definition) is 2. The number of carboxylic acids is 1. The van der Waals surface area contributed by atoms with Crippen LogP contribution in [0.1, 0.15) is 31.2 Å². The maximum Gasteiger partial charge on any atom is 0.303 e. The summed E-state index contributed by atoms with van der Waals surface area (Å²) in [4.78, 5) is 22.2. The Morgan fingerprint density at radius 1 is 1.37 bits per heavy atom. The quantitative estimate of drug-likeness (QED) is 0.871. The van der Waals surface area contributed by atoms with E-state index in [1.807, 2.05) is 12.1 Å². The van der Waals surface area contributed by atoms with Crippen LogP contribution in [0.4, 0.5) is 0 Å². The molecule has 102 valence electrons. The average Bonchev–Trinajstić information content (AvgIpc) is 2.72. The van der Waals surface area contributed by atoms with Crippen LogP contribution in [0.3, 0.4) is 0 Å². The van der Waals surface area contributed by atoms with E-state index in [-0.39, 0.29) is 12.3 Å². The lowest BCUT2D eigenvalue weighted by atomic mass is 9.85. The van der Waals surface area contributed by atoms with Crippen molar-refractivity contribution in [2.45, 2.75) is 37.6 Å². The summed E-state index contributed by atoms with van der Waals surface area (Å²) in [6.45, 7) is 0. The summed E-state index contributed by atoms with van der Waals surface area (Å²) in [6, 6.07) is 7.43. The highest BCUT2D eigenvalue weighted by Gasteiger charge is 2.37. The lowest BCUT2D eigenvalue weighted by Crippen LogP contribution is -2.44. The van der Waals surface area contributed by atoms with Gasteiger partial charge in [0.15, 0.2) is 0 Å². The van der Waals surface area contributed by atoms with Crippen LogP contribution >= 0.6 is 11.6 Å². The summed E-state index contributed by atoms with van der Waals surface area (Å²) in [5, 5.41) is 12.4. The third-order valence-corrected chi connectivity index (χ3v) is 3.76. The average molecular weight is 282 g/mol. The molecule has 0 spiro atoms. The van der Waals surface area contributed by atoms with Gasteiger partial charge < -0.3 is 10.4 Å². The number of aliphatic carboxylic acids is 1. The summed E-state index contributed by atoms with van der Waals surface area (Å²) < 4.78 is 0. The lowest BCUT2D eigenvalue weighted by Gasteiger charge is -2.29. The minimum Gasteiger partial charge on any atom is -0.481 e. The van der Waals surface area contributed by atoms with Crippen molar-refractivity contribution in [3.8, 4) is 0 Å². The molecule has 1 aromatic carbocycles. The Morgan fingerprint density at radius 2 is 2.05 bits per heavy atom. The Hall–Kier alpha value is -1.55. The first-order valence-corrected chi connectivity index (χ1v) is 6.64. The van der Waals surface area contributed by atoms with Crippen LogP contribution in [-0.4, -0.2) is 22.5 Å². The van der Waals surface area contributed by atoms with E-state index in [1.165, 1.54) is 0 Å². The number of carbonyl (C=O) groups excluding carboxylic acids is 1. The molecule has 0 saturated carbocycles. The Kier molecular flexibility index (Phi) is 4.10. The van der Waals surface area contributed by atoms with Crippen molar-refractivity contribution in [3.05, 3.63) is 34.9 Å². The van der Waals surface area contributed by atoms with Gasteiger partial charge in [0.1, 0.15) is 0 Å². The molecule has 1 unspecified atom stereocenters. The number of nitrogens with one attached hydrogen (secondary N) is 1. The number of hydrogen-bond acceptors (Lipinski definition) is 2. The van der Waals surface area contributed by atoms with Gasteiger partial charge in [-0.1, -0.05) is 23.7 Å². The van der Waals surface area contributed by atoms with E-state index >= 15 is 0 Å². The third kappa shape index (κ3) is 3.70. The van der Waals surface area contributed by atoms with Gasteiger partial charge in [0.2, 0.25) is 5.91 Å². The maximum absolute atomic E-state index is 11.5. The molecule has 1 amide bonds. The van der Waals surface area contributed by atoms with Crippen molar-refractivity contribution in [1.29, 1.82) is 0 Å². The normalized spacial score (nSPS) is 22.3. The monoisotopic (exact) mass is 281 g/mol. The second-order valence-corrected chi connectivity index (χ2v) is 5.46. The Morgan fingerprint density at radius 3 is 2.58 bits per heavy atom. The van der Waals surface area contributed by atoms with Crippen LogP contribution in [0.25, 0.3) is 0 Å². The van der Waals surface area contributed by atoms with E-state index in [0.717, 1.165) is 5.56 Å². The molecular formula is C14H16ClNO3. The highest BCUT2D eigenvalue weighted by molar-refractivity contribution is 6.30. The summed E-state index contributed by atoms with van der Waals surface area (Å²) >= 11 is 5.84. The van der Waals surface area contributed by atoms with Crippen molar-refractivity contribution in [2.75, 3.05) is 0 Å². The molecule has 2 rings (SSSR count). The van der Waals surface area contributed by atoms with Crippen molar-refractivity contribution in [1.82, 2.24) is 5.32 Å². The second kappa shape index (κ2) is 5.61. The Balaban J connectivity index is 2.11. The van der Waals surface area contributed by atoms with Crippen molar-refractivity contribution in [2.24, 2.45) is 0 Å².